The summed E-state index contributed by atoms with van der Waals surface area (Å²) in [4.78, 5) is 4.38. The third kappa shape index (κ3) is 1.81. The Bertz CT molecular complexity index is 398. The molecule has 13 heavy (non-hydrogen) atoms. The smallest absolute Gasteiger partial charge is 0.156 e. The second-order valence-electron chi connectivity index (χ2n) is 2.54. The van der Waals surface area contributed by atoms with Gasteiger partial charge in [-0.3, -0.25) is 0 Å². The number of aromatic nitrogens is 3. The van der Waals surface area contributed by atoms with Crippen LogP contribution < -0.4 is 5.73 Å². The lowest BCUT2D eigenvalue weighted by atomic mass is 10.6. The average Bonchev–Trinajstić information content (AvgIpc) is 2.61. The maximum Gasteiger partial charge on any atom is 0.156 e. The molecule has 0 atom stereocenters. The van der Waals surface area contributed by atoms with E-state index in [1.807, 2.05) is 18.3 Å². The molecule has 0 saturated heterocycles. The van der Waals surface area contributed by atoms with Gasteiger partial charge in [0.25, 0.3) is 0 Å². The molecule has 0 radical (unpaired) electrons. The molecule has 2 heterocycles. The van der Waals surface area contributed by atoms with Crippen LogP contribution >= 0.6 is 11.8 Å². The second kappa shape index (κ2) is 3.76. The van der Waals surface area contributed by atoms with Crippen LogP contribution in [0, 0.1) is 0 Å². The van der Waals surface area contributed by atoms with E-state index in [1.165, 1.54) is 0 Å². The second-order valence-corrected chi connectivity index (χ2v) is 3.65. The molecule has 2 aromatic heterocycles. The molecule has 0 bridgehead atoms. The Balaban J connectivity index is 2.26. The predicted octanol–water partition coefficient (Wildman–Crippen LogP) is 0.780. The summed E-state index contributed by atoms with van der Waals surface area (Å²) in [6.07, 6.45) is 3.64. The van der Waals surface area contributed by atoms with Gasteiger partial charge in [0, 0.05) is 24.6 Å². The predicted molar refractivity (Wildman–Crippen MR) is 52.8 cm³/mol. The van der Waals surface area contributed by atoms with Crippen molar-refractivity contribution in [2.45, 2.75) is 5.03 Å². The van der Waals surface area contributed by atoms with Crippen molar-refractivity contribution in [3.8, 4) is 0 Å². The highest BCUT2D eigenvalue weighted by molar-refractivity contribution is 7.99. The van der Waals surface area contributed by atoms with Gasteiger partial charge in [0.15, 0.2) is 5.65 Å². The molecule has 2 N–H and O–H groups in total. The summed E-state index contributed by atoms with van der Waals surface area (Å²) in [7, 11) is 0. The fraction of sp³-hybridized carbons (Fsp3) is 0.250. The van der Waals surface area contributed by atoms with Gasteiger partial charge in [0.1, 0.15) is 5.03 Å². The van der Waals surface area contributed by atoms with E-state index < -0.39 is 0 Å². The van der Waals surface area contributed by atoms with Crippen molar-refractivity contribution in [1.29, 1.82) is 0 Å². The number of thioether (sulfide) groups is 1. The van der Waals surface area contributed by atoms with E-state index in [1.54, 1.807) is 22.5 Å². The highest BCUT2D eigenvalue weighted by Gasteiger charge is 1.97. The monoisotopic (exact) mass is 194 g/mol. The van der Waals surface area contributed by atoms with Crippen LogP contribution in [0.25, 0.3) is 5.65 Å². The highest BCUT2D eigenvalue weighted by Crippen LogP contribution is 2.14. The van der Waals surface area contributed by atoms with Gasteiger partial charge >= 0.3 is 0 Å². The summed E-state index contributed by atoms with van der Waals surface area (Å²) in [6, 6.07) is 3.83. The lowest BCUT2D eigenvalue weighted by Gasteiger charge is -1.98. The van der Waals surface area contributed by atoms with Gasteiger partial charge in [-0.25, -0.2) is 9.50 Å². The first-order chi connectivity index (χ1) is 6.40. The molecular weight excluding hydrogens is 184 g/mol. The fourth-order valence-corrected chi connectivity index (χ4v) is 1.68. The first-order valence-corrected chi connectivity index (χ1v) is 5.02. The van der Waals surface area contributed by atoms with Gasteiger partial charge < -0.3 is 5.73 Å². The number of fused-ring (bicyclic) bond motifs is 1. The zero-order valence-electron chi connectivity index (χ0n) is 7.05. The molecule has 0 spiro atoms. The first kappa shape index (κ1) is 8.52. The Morgan fingerprint density at radius 1 is 1.46 bits per heavy atom. The molecular formula is C8H10N4S. The number of nitrogens with zero attached hydrogens (tertiary/aromatic N) is 3. The van der Waals surface area contributed by atoms with Crippen molar-refractivity contribution in [2.24, 2.45) is 5.73 Å². The van der Waals surface area contributed by atoms with E-state index in [0.717, 1.165) is 16.4 Å². The van der Waals surface area contributed by atoms with Crippen LogP contribution in [0.1, 0.15) is 0 Å². The highest BCUT2D eigenvalue weighted by atomic mass is 32.2. The van der Waals surface area contributed by atoms with Crippen LogP contribution in [0.15, 0.2) is 29.6 Å². The van der Waals surface area contributed by atoms with E-state index >= 15 is 0 Å². The summed E-state index contributed by atoms with van der Waals surface area (Å²) < 4.78 is 1.74. The molecule has 0 fully saturated rings. The van der Waals surface area contributed by atoms with Crippen LogP contribution in [-0.2, 0) is 0 Å². The summed E-state index contributed by atoms with van der Waals surface area (Å²) >= 11 is 1.66. The normalized spacial score (nSPS) is 10.8. The van der Waals surface area contributed by atoms with E-state index in [4.69, 9.17) is 5.73 Å². The van der Waals surface area contributed by atoms with Crippen LogP contribution in [0.4, 0.5) is 0 Å². The Kier molecular flexibility index (Phi) is 2.47. The molecule has 0 aliphatic carbocycles. The van der Waals surface area contributed by atoms with E-state index in [-0.39, 0.29) is 0 Å². The molecule has 0 saturated carbocycles. The average molecular weight is 194 g/mol. The summed E-state index contributed by atoms with van der Waals surface area (Å²) in [5.41, 5.74) is 6.28. The Hall–Kier alpha value is -1.07. The topological polar surface area (TPSA) is 56.2 Å². The largest absolute Gasteiger partial charge is 0.330 e. The minimum Gasteiger partial charge on any atom is -0.330 e. The van der Waals surface area contributed by atoms with Crippen molar-refractivity contribution in [1.82, 2.24) is 14.6 Å². The van der Waals surface area contributed by atoms with Gasteiger partial charge in [-0.1, -0.05) is 0 Å². The molecule has 2 rings (SSSR count). The quantitative estimate of drug-likeness (QED) is 0.579. The Morgan fingerprint density at radius 3 is 3.23 bits per heavy atom. The van der Waals surface area contributed by atoms with E-state index in [0.29, 0.717) is 6.54 Å². The van der Waals surface area contributed by atoms with Gasteiger partial charge in [0.05, 0.1) is 6.20 Å². The molecule has 4 nitrogen and oxygen atoms in total. The fourth-order valence-electron chi connectivity index (χ4n) is 1.04. The SMILES string of the molecule is NCCSc1ccn2nccc2n1. The van der Waals surface area contributed by atoms with Crippen molar-refractivity contribution in [3.05, 3.63) is 24.5 Å². The van der Waals surface area contributed by atoms with Crippen LogP contribution in [0.3, 0.4) is 0 Å². The molecule has 0 aliphatic rings. The minimum atomic E-state index is 0.677. The summed E-state index contributed by atoms with van der Waals surface area (Å²) in [6.45, 7) is 0.677. The van der Waals surface area contributed by atoms with Crippen molar-refractivity contribution in [2.75, 3.05) is 12.3 Å². The molecule has 0 amide bonds. The number of hydrogen-bond acceptors (Lipinski definition) is 4. The lowest BCUT2D eigenvalue weighted by molar-refractivity contribution is 0.914. The lowest BCUT2D eigenvalue weighted by Crippen LogP contribution is -2.01. The zero-order valence-corrected chi connectivity index (χ0v) is 7.87. The number of nitrogens with two attached hydrogens (primary N) is 1. The molecule has 2 aromatic rings. The third-order valence-corrected chi connectivity index (χ3v) is 2.56. The van der Waals surface area contributed by atoms with Gasteiger partial charge in [-0.15, -0.1) is 11.8 Å². The molecule has 0 unspecified atom stereocenters. The standard InChI is InChI=1S/C8H10N4S/c9-3-6-13-8-2-5-12-7(11-8)1-4-10-12/h1-2,4-5H,3,6,9H2. The zero-order chi connectivity index (χ0) is 9.10. The maximum atomic E-state index is 5.40. The van der Waals surface area contributed by atoms with Crippen molar-refractivity contribution >= 4 is 17.4 Å². The maximum absolute atomic E-state index is 5.40. The van der Waals surface area contributed by atoms with E-state index in [9.17, 15) is 0 Å². The summed E-state index contributed by atoms with van der Waals surface area (Å²) in [5, 5.41) is 5.06. The first-order valence-electron chi connectivity index (χ1n) is 4.03. The van der Waals surface area contributed by atoms with Gasteiger partial charge in [0.2, 0.25) is 0 Å². The minimum absolute atomic E-state index is 0.677. The van der Waals surface area contributed by atoms with Gasteiger partial charge in [-0.2, -0.15) is 5.10 Å². The van der Waals surface area contributed by atoms with Crippen LogP contribution in [0.5, 0.6) is 0 Å². The third-order valence-electron chi connectivity index (χ3n) is 1.60. The number of hydrogen-bond donors (Lipinski definition) is 1. The van der Waals surface area contributed by atoms with Crippen LogP contribution in [-0.4, -0.2) is 26.9 Å². The Labute approximate surface area is 80.2 Å². The molecule has 0 aromatic carbocycles. The molecule has 68 valence electrons. The van der Waals surface area contributed by atoms with Crippen LogP contribution in [0.2, 0.25) is 0 Å². The van der Waals surface area contributed by atoms with E-state index in [2.05, 4.69) is 10.1 Å². The van der Waals surface area contributed by atoms with Crippen molar-refractivity contribution < 1.29 is 0 Å². The number of rotatable bonds is 3. The van der Waals surface area contributed by atoms with Gasteiger partial charge in [-0.05, 0) is 6.07 Å². The molecule has 5 heteroatoms. The van der Waals surface area contributed by atoms with Crippen molar-refractivity contribution in [3.63, 3.8) is 0 Å². The summed E-state index contributed by atoms with van der Waals surface area (Å²) in [5.74, 6) is 0.900. The molecule has 0 aliphatic heterocycles. The Morgan fingerprint density at radius 2 is 2.38 bits per heavy atom.